The third-order valence-electron chi connectivity index (χ3n) is 2.94. The number of H-pyrrole nitrogens is 1. The summed E-state index contributed by atoms with van der Waals surface area (Å²) in [4.78, 5) is 18.7. The Bertz CT molecular complexity index is 511. The summed E-state index contributed by atoms with van der Waals surface area (Å²) in [5, 5.41) is 2.71. The highest BCUT2D eigenvalue weighted by atomic mass is 32.2. The molecule has 0 aromatic carbocycles. The SMILES string of the molecule is CS(=O)(=O)N1CCCC1C(=O)NCc1cnc[nH]1. The Morgan fingerprint density at radius 3 is 3.06 bits per heavy atom. The molecule has 1 aromatic heterocycles. The number of amides is 1. The number of sulfonamides is 1. The van der Waals surface area contributed by atoms with E-state index in [-0.39, 0.29) is 5.91 Å². The minimum absolute atomic E-state index is 0.257. The highest BCUT2D eigenvalue weighted by Crippen LogP contribution is 2.20. The molecule has 1 saturated heterocycles. The normalized spacial score (nSPS) is 21.1. The number of nitrogens with zero attached hydrogens (tertiary/aromatic N) is 2. The second-order valence-electron chi connectivity index (χ2n) is 4.33. The van der Waals surface area contributed by atoms with Crippen molar-refractivity contribution >= 4 is 15.9 Å². The zero-order valence-electron chi connectivity index (χ0n) is 10.1. The van der Waals surface area contributed by atoms with Gasteiger partial charge in [-0.1, -0.05) is 0 Å². The van der Waals surface area contributed by atoms with Gasteiger partial charge in [-0.3, -0.25) is 4.79 Å². The first-order chi connectivity index (χ1) is 8.48. The fourth-order valence-corrected chi connectivity index (χ4v) is 3.20. The smallest absolute Gasteiger partial charge is 0.238 e. The van der Waals surface area contributed by atoms with Crippen LogP contribution in [0.1, 0.15) is 18.5 Å². The number of nitrogens with one attached hydrogen (secondary N) is 2. The monoisotopic (exact) mass is 272 g/mol. The van der Waals surface area contributed by atoms with Crippen molar-refractivity contribution < 1.29 is 13.2 Å². The Labute approximate surface area is 106 Å². The number of carbonyl (C=O) groups is 1. The topological polar surface area (TPSA) is 95.2 Å². The van der Waals surface area contributed by atoms with Crippen LogP contribution in [0.2, 0.25) is 0 Å². The summed E-state index contributed by atoms with van der Waals surface area (Å²) in [5.74, 6) is -0.257. The Kier molecular flexibility index (Phi) is 3.67. The molecule has 0 spiro atoms. The van der Waals surface area contributed by atoms with E-state index in [0.29, 0.717) is 19.5 Å². The van der Waals surface area contributed by atoms with Gasteiger partial charge in [-0.2, -0.15) is 4.31 Å². The van der Waals surface area contributed by atoms with E-state index in [0.717, 1.165) is 18.4 Å². The second-order valence-corrected chi connectivity index (χ2v) is 6.26. The molecule has 0 radical (unpaired) electrons. The van der Waals surface area contributed by atoms with Crippen molar-refractivity contribution in [2.75, 3.05) is 12.8 Å². The van der Waals surface area contributed by atoms with Gasteiger partial charge in [-0.05, 0) is 12.8 Å². The lowest BCUT2D eigenvalue weighted by Crippen LogP contribution is -2.45. The maximum absolute atomic E-state index is 11.9. The lowest BCUT2D eigenvalue weighted by Gasteiger charge is -2.21. The molecule has 2 rings (SSSR count). The van der Waals surface area contributed by atoms with Crippen LogP contribution in [0, 0.1) is 0 Å². The molecule has 1 aliphatic rings. The fraction of sp³-hybridized carbons (Fsp3) is 0.600. The van der Waals surface area contributed by atoms with E-state index in [4.69, 9.17) is 0 Å². The van der Waals surface area contributed by atoms with E-state index < -0.39 is 16.1 Å². The number of aromatic amines is 1. The quantitative estimate of drug-likeness (QED) is 0.769. The molecule has 7 nitrogen and oxygen atoms in total. The van der Waals surface area contributed by atoms with Crippen molar-refractivity contribution in [3.63, 3.8) is 0 Å². The molecule has 8 heteroatoms. The van der Waals surface area contributed by atoms with E-state index >= 15 is 0 Å². The summed E-state index contributed by atoms with van der Waals surface area (Å²) in [6.07, 6.45) is 5.56. The van der Waals surface area contributed by atoms with Crippen LogP contribution < -0.4 is 5.32 Å². The maximum atomic E-state index is 11.9. The van der Waals surface area contributed by atoms with Crippen molar-refractivity contribution in [2.45, 2.75) is 25.4 Å². The summed E-state index contributed by atoms with van der Waals surface area (Å²) in [5.41, 5.74) is 0.784. The molecule has 0 aliphatic carbocycles. The molecule has 2 N–H and O–H groups in total. The molecule has 0 bridgehead atoms. The first kappa shape index (κ1) is 13.0. The maximum Gasteiger partial charge on any atom is 0.238 e. The lowest BCUT2D eigenvalue weighted by atomic mass is 10.2. The molecule has 1 aliphatic heterocycles. The van der Waals surface area contributed by atoms with Gasteiger partial charge in [0.1, 0.15) is 6.04 Å². The van der Waals surface area contributed by atoms with Gasteiger partial charge in [0.15, 0.2) is 0 Å². The van der Waals surface area contributed by atoms with Crippen molar-refractivity contribution in [3.05, 3.63) is 18.2 Å². The van der Waals surface area contributed by atoms with Crippen LogP contribution in [0.3, 0.4) is 0 Å². The van der Waals surface area contributed by atoms with Gasteiger partial charge in [0.25, 0.3) is 0 Å². The summed E-state index contributed by atoms with van der Waals surface area (Å²) in [6, 6.07) is -0.581. The molecule has 100 valence electrons. The molecule has 18 heavy (non-hydrogen) atoms. The fourth-order valence-electron chi connectivity index (χ4n) is 2.08. The van der Waals surface area contributed by atoms with Crippen molar-refractivity contribution in [1.29, 1.82) is 0 Å². The largest absolute Gasteiger partial charge is 0.349 e. The average Bonchev–Trinajstić information content (AvgIpc) is 2.95. The van der Waals surface area contributed by atoms with E-state index in [1.165, 1.54) is 10.6 Å². The minimum atomic E-state index is -3.32. The van der Waals surface area contributed by atoms with Gasteiger partial charge in [-0.15, -0.1) is 0 Å². The van der Waals surface area contributed by atoms with Crippen LogP contribution in [0.15, 0.2) is 12.5 Å². The minimum Gasteiger partial charge on any atom is -0.349 e. The zero-order chi connectivity index (χ0) is 13.2. The van der Waals surface area contributed by atoms with E-state index in [1.807, 2.05) is 0 Å². The first-order valence-corrected chi connectivity index (χ1v) is 7.55. The lowest BCUT2D eigenvalue weighted by molar-refractivity contribution is -0.124. The number of aromatic nitrogens is 2. The van der Waals surface area contributed by atoms with Crippen molar-refractivity contribution in [2.24, 2.45) is 0 Å². The number of carbonyl (C=O) groups excluding carboxylic acids is 1. The van der Waals surface area contributed by atoms with Crippen LogP contribution in [0.5, 0.6) is 0 Å². The van der Waals surface area contributed by atoms with Gasteiger partial charge in [-0.25, -0.2) is 13.4 Å². The summed E-state index contributed by atoms with van der Waals surface area (Å²) < 4.78 is 24.3. The highest BCUT2D eigenvalue weighted by molar-refractivity contribution is 7.88. The first-order valence-electron chi connectivity index (χ1n) is 5.70. The van der Waals surface area contributed by atoms with Gasteiger partial charge in [0.2, 0.25) is 15.9 Å². The predicted molar refractivity (Wildman–Crippen MR) is 65.0 cm³/mol. The zero-order valence-corrected chi connectivity index (χ0v) is 10.9. The van der Waals surface area contributed by atoms with Crippen LogP contribution in [-0.4, -0.2) is 47.4 Å². The molecule has 1 atom stereocenters. The standard InChI is InChI=1S/C10H16N4O3S/c1-18(16,17)14-4-2-3-9(14)10(15)12-6-8-5-11-7-13-8/h5,7,9H,2-4,6H2,1H3,(H,11,13)(H,12,15). The van der Waals surface area contributed by atoms with Gasteiger partial charge in [0, 0.05) is 12.7 Å². The van der Waals surface area contributed by atoms with Crippen molar-refractivity contribution in [1.82, 2.24) is 19.6 Å². The molecular formula is C10H16N4O3S. The molecule has 1 amide bonds. The third kappa shape index (κ3) is 2.88. The molecule has 1 fully saturated rings. The number of imidazole rings is 1. The highest BCUT2D eigenvalue weighted by Gasteiger charge is 2.36. The Morgan fingerprint density at radius 1 is 1.67 bits per heavy atom. The van der Waals surface area contributed by atoms with Crippen LogP contribution in [0.4, 0.5) is 0 Å². The Hall–Kier alpha value is -1.41. The van der Waals surface area contributed by atoms with E-state index in [2.05, 4.69) is 15.3 Å². The molecule has 0 saturated carbocycles. The van der Waals surface area contributed by atoms with E-state index in [1.54, 1.807) is 6.20 Å². The molecule has 1 unspecified atom stereocenters. The molecule has 2 heterocycles. The number of rotatable bonds is 4. The summed E-state index contributed by atoms with van der Waals surface area (Å²) in [7, 11) is -3.32. The average molecular weight is 272 g/mol. The van der Waals surface area contributed by atoms with Gasteiger partial charge in [0.05, 0.1) is 24.8 Å². The van der Waals surface area contributed by atoms with Gasteiger partial charge < -0.3 is 10.3 Å². The van der Waals surface area contributed by atoms with Crippen LogP contribution in [0.25, 0.3) is 0 Å². The summed E-state index contributed by atoms with van der Waals surface area (Å²) in [6.45, 7) is 0.744. The Morgan fingerprint density at radius 2 is 2.44 bits per heavy atom. The van der Waals surface area contributed by atoms with Gasteiger partial charge >= 0.3 is 0 Å². The van der Waals surface area contributed by atoms with Crippen LogP contribution >= 0.6 is 0 Å². The number of hydrogen-bond donors (Lipinski definition) is 2. The second kappa shape index (κ2) is 5.07. The summed E-state index contributed by atoms with van der Waals surface area (Å²) >= 11 is 0. The van der Waals surface area contributed by atoms with E-state index in [9.17, 15) is 13.2 Å². The molecule has 1 aromatic rings. The van der Waals surface area contributed by atoms with Crippen LogP contribution in [-0.2, 0) is 21.4 Å². The predicted octanol–water partition coefficient (Wildman–Crippen LogP) is -0.550. The third-order valence-corrected chi connectivity index (χ3v) is 4.23. The van der Waals surface area contributed by atoms with Crippen molar-refractivity contribution in [3.8, 4) is 0 Å². The molecular weight excluding hydrogens is 256 g/mol. The number of hydrogen-bond acceptors (Lipinski definition) is 4. The Balaban J connectivity index is 1.96.